The van der Waals surface area contributed by atoms with Crippen LogP contribution in [0.25, 0.3) is 0 Å². The smallest absolute Gasteiger partial charge is 0.387 e. The molecule has 0 amide bonds. The number of aliphatic hydroxyl groups is 1. The summed E-state index contributed by atoms with van der Waals surface area (Å²) in [5.74, 6) is -0.131. The molecule has 0 aliphatic carbocycles. The maximum Gasteiger partial charge on any atom is 0.470 e. The summed E-state index contributed by atoms with van der Waals surface area (Å²) in [6, 6.07) is 1.19. The number of nitrogens with two attached hydrogens (primary N) is 1. The monoisotopic (exact) mass is 403 g/mol. The van der Waals surface area contributed by atoms with Crippen molar-refractivity contribution in [1.82, 2.24) is 9.55 Å². The van der Waals surface area contributed by atoms with Gasteiger partial charge in [-0.2, -0.15) is 4.98 Å². The van der Waals surface area contributed by atoms with Gasteiger partial charge in [-0.1, -0.05) is 0 Å². The first-order valence-electron chi connectivity index (χ1n) is 6.49. The van der Waals surface area contributed by atoms with Crippen molar-refractivity contribution >= 4 is 21.5 Å². The van der Waals surface area contributed by atoms with Crippen LogP contribution in [0.3, 0.4) is 0 Å². The largest absolute Gasteiger partial charge is 0.470 e. The van der Waals surface area contributed by atoms with Gasteiger partial charge in [0.2, 0.25) is 0 Å². The third-order valence-corrected chi connectivity index (χ3v) is 4.11. The molecule has 0 radical (unpaired) electrons. The highest BCUT2D eigenvalue weighted by molar-refractivity contribution is 7.46. The molecule has 1 fully saturated rings. The Balaban J connectivity index is 2.32. The van der Waals surface area contributed by atoms with E-state index < -0.39 is 52.5 Å². The molecule has 4 atom stereocenters. The van der Waals surface area contributed by atoms with Gasteiger partial charge >= 0.3 is 21.3 Å². The molecule has 7 N–H and O–H groups in total. The molecular formula is C9H15N3O11P2. The summed E-state index contributed by atoms with van der Waals surface area (Å²) in [6.07, 6.45) is -5.47. The first kappa shape index (κ1) is 20.1. The first-order chi connectivity index (χ1) is 11.4. The second-order valence-corrected chi connectivity index (χ2v) is 7.38. The zero-order valence-corrected chi connectivity index (χ0v) is 14.0. The number of nitrogen functional groups attached to an aromatic ring is 1. The van der Waals surface area contributed by atoms with Crippen molar-refractivity contribution in [3.8, 4) is 0 Å². The molecule has 1 aromatic heterocycles. The Labute approximate surface area is 139 Å². The summed E-state index contributed by atoms with van der Waals surface area (Å²) >= 11 is 0. The lowest BCUT2D eigenvalue weighted by molar-refractivity contribution is -0.0535. The quantitative estimate of drug-likeness (QED) is 0.274. The molecule has 0 unspecified atom stereocenters. The minimum absolute atomic E-state index is 0.131. The Kier molecular flexibility index (Phi) is 5.81. The highest BCUT2D eigenvalue weighted by Crippen LogP contribution is 2.45. The summed E-state index contributed by atoms with van der Waals surface area (Å²) in [7, 11) is -10.0. The normalized spacial score (nSPS) is 27.6. The fraction of sp³-hybridized carbons (Fsp3) is 0.556. The number of aliphatic hydroxyl groups excluding tert-OH is 1. The van der Waals surface area contributed by atoms with Crippen molar-refractivity contribution in [3.05, 3.63) is 22.7 Å². The molecular weight excluding hydrogens is 388 g/mol. The van der Waals surface area contributed by atoms with E-state index >= 15 is 0 Å². The topological polar surface area (TPSA) is 224 Å². The Morgan fingerprint density at radius 1 is 1.28 bits per heavy atom. The number of nitrogens with zero attached hydrogens (tertiary/aromatic N) is 2. The number of anilines is 1. The van der Waals surface area contributed by atoms with Crippen LogP contribution in [-0.2, 0) is 22.9 Å². The molecule has 1 saturated heterocycles. The van der Waals surface area contributed by atoms with Crippen LogP contribution in [-0.4, -0.2) is 59.2 Å². The standard InChI is InChI=1S/C9H15N3O11P2/c10-5-1-2-12(9(14)11-5)8-7(23-25(18,19)20)6(13)4(22-8)3-21-24(15,16)17/h1-2,4,6-8,13H,3H2,(H2,10,11,14)(H2,15,16,17)(H2,18,19,20)/t4-,6-,7-,8-/m1/s1. The van der Waals surface area contributed by atoms with Crippen molar-refractivity contribution < 1.29 is 47.6 Å². The number of ether oxygens (including phenoxy) is 1. The Morgan fingerprint density at radius 3 is 2.44 bits per heavy atom. The molecule has 1 aromatic rings. The van der Waals surface area contributed by atoms with E-state index in [4.69, 9.17) is 30.0 Å². The van der Waals surface area contributed by atoms with Gasteiger partial charge in [0.25, 0.3) is 0 Å². The highest BCUT2D eigenvalue weighted by Gasteiger charge is 2.49. The fourth-order valence-corrected chi connectivity index (χ4v) is 3.03. The number of hydrogen-bond donors (Lipinski definition) is 6. The molecule has 1 aliphatic rings. The van der Waals surface area contributed by atoms with Gasteiger partial charge in [0, 0.05) is 6.20 Å². The number of hydrogen-bond acceptors (Lipinski definition) is 9. The van der Waals surface area contributed by atoms with Crippen LogP contribution in [0, 0.1) is 0 Å². The molecule has 0 aromatic carbocycles. The van der Waals surface area contributed by atoms with E-state index in [9.17, 15) is 19.0 Å². The lowest BCUT2D eigenvalue weighted by Crippen LogP contribution is -2.37. The van der Waals surface area contributed by atoms with Crippen LogP contribution < -0.4 is 11.4 Å². The Bertz CT molecular complexity index is 772. The van der Waals surface area contributed by atoms with Crippen molar-refractivity contribution in [3.63, 3.8) is 0 Å². The molecule has 2 rings (SSSR count). The van der Waals surface area contributed by atoms with Gasteiger partial charge in [0.05, 0.1) is 6.61 Å². The van der Waals surface area contributed by atoms with Gasteiger partial charge < -0.3 is 35.2 Å². The highest BCUT2D eigenvalue weighted by atomic mass is 31.2. The van der Waals surface area contributed by atoms with E-state index in [0.29, 0.717) is 0 Å². The molecule has 0 saturated carbocycles. The molecule has 1 aliphatic heterocycles. The minimum atomic E-state index is -5.11. The van der Waals surface area contributed by atoms with Gasteiger partial charge in [-0.15, -0.1) is 0 Å². The maximum absolute atomic E-state index is 11.9. The van der Waals surface area contributed by atoms with Crippen LogP contribution in [0.1, 0.15) is 6.23 Å². The van der Waals surface area contributed by atoms with Gasteiger partial charge in [-0.25, -0.2) is 13.9 Å². The zero-order chi connectivity index (χ0) is 19.0. The predicted molar refractivity (Wildman–Crippen MR) is 77.7 cm³/mol. The number of phosphoric ester groups is 2. The molecule has 25 heavy (non-hydrogen) atoms. The number of rotatable bonds is 6. The number of aromatic nitrogens is 2. The van der Waals surface area contributed by atoms with E-state index in [1.54, 1.807) is 0 Å². The fourth-order valence-electron chi connectivity index (χ4n) is 2.14. The third-order valence-electron chi connectivity index (χ3n) is 3.10. The molecule has 16 heteroatoms. The third kappa shape index (κ3) is 5.39. The van der Waals surface area contributed by atoms with E-state index in [1.165, 1.54) is 6.07 Å². The van der Waals surface area contributed by atoms with Gasteiger partial charge in [0.1, 0.15) is 24.1 Å². The van der Waals surface area contributed by atoms with Crippen molar-refractivity contribution in [2.24, 2.45) is 0 Å². The van der Waals surface area contributed by atoms with Gasteiger partial charge in [-0.3, -0.25) is 13.6 Å². The average Bonchev–Trinajstić information content (AvgIpc) is 2.71. The zero-order valence-electron chi connectivity index (χ0n) is 12.2. The second-order valence-electron chi connectivity index (χ2n) is 4.94. The summed E-state index contributed by atoms with van der Waals surface area (Å²) < 4.78 is 36.5. The molecule has 142 valence electrons. The lowest BCUT2D eigenvalue weighted by atomic mass is 10.1. The van der Waals surface area contributed by atoms with Crippen molar-refractivity contribution in [2.45, 2.75) is 24.5 Å². The van der Waals surface area contributed by atoms with Crippen LogP contribution >= 0.6 is 15.6 Å². The molecule has 14 nitrogen and oxygen atoms in total. The Hall–Kier alpha value is -1.18. The summed E-state index contributed by atoms with van der Waals surface area (Å²) in [5, 5.41) is 10.1. The lowest BCUT2D eigenvalue weighted by Gasteiger charge is -2.22. The van der Waals surface area contributed by atoms with Crippen molar-refractivity contribution in [1.29, 1.82) is 0 Å². The van der Waals surface area contributed by atoms with Crippen LogP contribution in [0.4, 0.5) is 5.82 Å². The van der Waals surface area contributed by atoms with E-state index in [-0.39, 0.29) is 5.82 Å². The summed E-state index contributed by atoms with van der Waals surface area (Å²) in [5.41, 5.74) is 4.37. The summed E-state index contributed by atoms with van der Waals surface area (Å²) in [4.78, 5) is 50.6. The van der Waals surface area contributed by atoms with Crippen molar-refractivity contribution in [2.75, 3.05) is 12.3 Å². The van der Waals surface area contributed by atoms with Crippen LogP contribution in [0.2, 0.25) is 0 Å². The minimum Gasteiger partial charge on any atom is -0.387 e. The SMILES string of the molecule is Nc1ccn([C@@H]2O[C@H](COP(=O)(O)O)[C@@H](O)[C@H]2OP(=O)(O)O)c(=O)n1. The van der Waals surface area contributed by atoms with Gasteiger partial charge in [0.15, 0.2) is 6.23 Å². The Morgan fingerprint density at radius 2 is 1.92 bits per heavy atom. The predicted octanol–water partition coefficient (Wildman–Crippen LogP) is -2.33. The van der Waals surface area contributed by atoms with E-state index in [0.717, 1.165) is 10.8 Å². The average molecular weight is 403 g/mol. The number of phosphoric acid groups is 2. The van der Waals surface area contributed by atoms with E-state index in [2.05, 4.69) is 14.0 Å². The first-order valence-corrected chi connectivity index (χ1v) is 9.56. The van der Waals surface area contributed by atoms with E-state index in [1.807, 2.05) is 0 Å². The molecule has 2 heterocycles. The molecule has 0 bridgehead atoms. The van der Waals surface area contributed by atoms with Crippen LogP contribution in [0.15, 0.2) is 17.1 Å². The second kappa shape index (κ2) is 7.21. The maximum atomic E-state index is 11.9. The summed E-state index contributed by atoms with van der Waals surface area (Å²) in [6.45, 7) is -0.833. The molecule has 0 spiro atoms. The van der Waals surface area contributed by atoms with Crippen LogP contribution in [0.5, 0.6) is 0 Å². The van der Waals surface area contributed by atoms with Gasteiger partial charge in [-0.05, 0) is 6.07 Å².